The third-order valence-corrected chi connectivity index (χ3v) is 3.37. The number of nitrogens with two attached hydrogens (primary N) is 1. The Kier molecular flexibility index (Phi) is 4.43. The van der Waals surface area contributed by atoms with Gasteiger partial charge in [-0.2, -0.15) is 0 Å². The predicted molar refractivity (Wildman–Crippen MR) is 81.7 cm³/mol. The van der Waals surface area contributed by atoms with Crippen molar-refractivity contribution in [3.8, 4) is 0 Å². The van der Waals surface area contributed by atoms with Gasteiger partial charge in [-0.05, 0) is 48.9 Å². The Bertz CT molecular complexity index is 552. The molecular weight excluding hydrogens is 307 g/mol. The molecule has 0 fully saturated rings. The average Bonchev–Trinajstić information content (AvgIpc) is 2.34. The number of nitrogens with zero attached hydrogens (tertiary/aromatic N) is 1. The Balaban J connectivity index is 2.23. The van der Waals surface area contributed by atoms with Crippen LogP contribution in [0.3, 0.4) is 0 Å². The summed E-state index contributed by atoms with van der Waals surface area (Å²) in [5.41, 5.74) is 8.50. The number of hydrogen-bond acceptors (Lipinski definition) is 2. The quantitative estimate of drug-likeness (QED) is 0.855. The fourth-order valence-corrected chi connectivity index (χ4v) is 2.54. The van der Waals surface area contributed by atoms with Crippen molar-refractivity contribution in [3.63, 3.8) is 0 Å². The first-order valence-corrected chi connectivity index (χ1v) is 6.93. The fourth-order valence-electron chi connectivity index (χ4n) is 2.03. The van der Waals surface area contributed by atoms with Crippen LogP contribution >= 0.6 is 15.9 Å². The summed E-state index contributed by atoms with van der Waals surface area (Å²) in [5, 5.41) is 0. The van der Waals surface area contributed by atoms with Crippen molar-refractivity contribution in [3.05, 3.63) is 58.3 Å². The first-order chi connectivity index (χ1) is 9.08. The number of nitrogen functional groups attached to an aromatic ring is 1. The highest BCUT2D eigenvalue weighted by Crippen LogP contribution is 2.22. The van der Waals surface area contributed by atoms with E-state index in [-0.39, 0.29) is 5.82 Å². The maximum absolute atomic E-state index is 13.4. The zero-order valence-electron chi connectivity index (χ0n) is 10.7. The molecule has 0 bridgehead atoms. The van der Waals surface area contributed by atoms with Gasteiger partial charge in [-0.1, -0.05) is 22.0 Å². The van der Waals surface area contributed by atoms with Gasteiger partial charge >= 0.3 is 0 Å². The van der Waals surface area contributed by atoms with Gasteiger partial charge in [-0.3, -0.25) is 0 Å². The van der Waals surface area contributed by atoms with Gasteiger partial charge in [-0.25, -0.2) is 4.39 Å². The lowest BCUT2D eigenvalue weighted by Gasteiger charge is -2.23. The van der Waals surface area contributed by atoms with Crippen LogP contribution in [0.4, 0.5) is 15.8 Å². The summed E-state index contributed by atoms with van der Waals surface area (Å²) in [4.78, 5) is 2.15. The minimum Gasteiger partial charge on any atom is -0.399 e. The van der Waals surface area contributed by atoms with E-state index in [1.165, 1.54) is 6.07 Å². The van der Waals surface area contributed by atoms with Crippen LogP contribution in [0.2, 0.25) is 0 Å². The van der Waals surface area contributed by atoms with Crippen molar-refractivity contribution < 1.29 is 4.39 Å². The summed E-state index contributed by atoms with van der Waals surface area (Å²) in [5.74, 6) is -0.229. The van der Waals surface area contributed by atoms with E-state index in [4.69, 9.17) is 5.73 Å². The first kappa shape index (κ1) is 13.9. The molecule has 2 aromatic rings. The summed E-state index contributed by atoms with van der Waals surface area (Å²) in [6.07, 6.45) is 0. The molecule has 0 atom stereocenters. The molecule has 2 rings (SSSR count). The molecule has 0 saturated carbocycles. The molecule has 2 N–H and O–H groups in total. The second-order valence-electron chi connectivity index (χ2n) is 4.39. The monoisotopic (exact) mass is 322 g/mol. The third-order valence-electron chi connectivity index (χ3n) is 2.91. The van der Waals surface area contributed by atoms with Crippen LogP contribution in [0, 0.1) is 5.82 Å². The number of benzene rings is 2. The molecule has 0 saturated heterocycles. The van der Waals surface area contributed by atoms with Crippen molar-refractivity contribution >= 4 is 27.3 Å². The standard InChI is InChI=1S/C15H16BrFN2/c1-2-19(15-5-3-4-14(18)9-15)10-11-6-12(16)8-13(17)7-11/h3-9H,2,10,18H2,1H3. The lowest BCUT2D eigenvalue weighted by atomic mass is 10.2. The molecule has 0 spiro atoms. The van der Waals surface area contributed by atoms with Crippen LogP contribution in [0.15, 0.2) is 46.9 Å². The highest BCUT2D eigenvalue weighted by molar-refractivity contribution is 9.10. The molecule has 19 heavy (non-hydrogen) atoms. The molecule has 0 aromatic heterocycles. The summed E-state index contributed by atoms with van der Waals surface area (Å²) in [7, 11) is 0. The van der Waals surface area contributed by atoms with E-state index in [0.717, 1.165) is 28.0 Å². The van der Waals surface area contributed by atoms with Crippen LogP contribution < -0.4 is 10.6 Å². The summed E-state index contributed by atoms with van der Waals surface area (Å²) in [6.45, 7) is 3.55. The Hall–Kier alpha value is -1.55. The van der Waals surface area contributed by atoms with Gasteiger partial charge in [-0.15, -0.1) is 0 Å². The van der Waals surface area contributed by atoms with Gasteiger partial charge in [0, 0.05) is 28.9 Å². The molecule has 0 aliphatic carbocycles. The SMILES string of the molecule is CCN(Cc1cc(F)cc(Br)c1)c1cccc(N)c1. The lowest BCUT2D eigenvalue weighted by molar-refractivity contribution is 0.623. The Labute approximate surface area is 121 Å². The molecule has 0 heterocycles. The second kappa shape index (κ2) is 6.06. The molecule has 0 amide bonds. The topological polar surface area (TPSA) is 29.3 Å². The van der Waals surface area contributed by atoms with Crippen LogP contribution in [0.5, 0.6) is 0 Å². The van der Waals surface area contributed by atoms with Crippen LogP contribution in [-0.4, -0.2) is 6.54 Å². The van der Waals surface area contributed by atoms with E-state index < -0.39 is 0 Å². The second-order valence-corrected chi connectivity index (χ2v) is 5.30. The zero-order chi connectivity index (χ0) is 13.8. The lowest BCUT2D eigenvalue weighted by Crippen LogP contribution is -2.22. The average molecular weight is 323 g/mol. The molecule has 0 unspecified atom stereocenters. The van der Waals surface area contributed by atoms with E-state index in [9.17, 15) is 4.39 Å². The number of anilines is 2. The van der Waals surface area contributed by atoms with Gasteiger partial charge in [0.2, 0.25) is 0 Å². The summed E-state index contributed by atoms with van der Waals surface area (Å²) < 4.78 is 14.1. The van der Waals surface area contributed by atoms with Crippen molar-refractivity contribution in [1.29, 1.82) is 0 Å². The molecular formula is C15H16BrFN2. The molecule has 2 aromatic carbocycles. The van der Waals surface area contributed by atoms with Gasteiger partial charge in [0.15, 0.2) is 0 Å². The van der Waals surface area contributed by atoms with E-state index in [1.54, 1.807) is 6.07 Å². The number of rotatable bonds is 4. The van der Waals surface area contributed by atoms with Crippen molar-refractivity contribution in [2.75, 3.05) is 17.2 Å². The van der Waals surface area contributed by atoms with Gasteiger partial charge in [0.25, 0.3) is 0 Å². The minimum atomic E-state index is -0.229. The van der Waals surface area contributed by atoms with Crippen LogP contribution in [0.25, 0.3) is 0 Å². The molecule has 0 radical (unpaired) electrons. The largest absolute Gasteiger partial charge is 0.399 e. The van der Waals surface area contributed by atoms with Crippen LogP contribution in [0.1, 0.15) is 12.5 Å². The van der Waals surface area contributed by atoms with E-state index in [2.05, 4.69) is 27.8 Å². The summed E-state index contributed by atoms with van der Waals surface area (Å²) >= 11 is 3.31. The predicted octanol–water partition coefficient (Wildman–Crippen LogP) is 4.20. The molecule has 2 nitrogen and oxygen atoms in total. The highest BCUT2D eigenvalue weighted by Gasteiger charge is 2.07. The van der Waals surface area contributed by atoms with E-state index in [0.29, 0.717) is 6.54 Å². The maximum Gasteiger partial charge on any atom is 0.124 e. The Morgan fingerprint density at radius 1 is 1.21 bits per heavy atom. The van der Waals surface area contributed by atoms with Crippen LogP contribution in [-0.2, 0) is 6.54 Å². The summed E-state index contributed by atoms with van der Waals surface area (Å²) in [6, 6.07) is 12.7. The highest BCUT2D eigenvalue weighted by atomic mass is 79.9. The Morgan fingerprint density at radius 3 is 2.63 bits per heavy atom. The van der Waals surface area contributed by atoms with Gasteiger partial charge in [0.05, 0.1) is 0 Å². The normalized spacial score (nSPS) is 10.5. The van der Waals surface area contributed by atoms with Crippen molar-refractivity contribution in [2.45, 2.75) is 13.5 Å². The molecule has 100 valence electrons. The van der Waals surface area contributed by atoms with E-state index in [1.807, 2.05) is 30.3 Å². The first-order valence-electron chi connectivity index (χ1n) is 6.14. The maximum atomic E-state index is 13.4. The Morgan fingerprint density at radius 2 is 2.00 bits per heavy atom. The third kappa shape index (κ3) is 3.70. The van der Waals surface area contributed by atoms with Crippen molar-refractivity contribution in [2.24, 2.45) is 0 Å². The van der Waals surface area contributed by atoms with E-state index >= 15 is 0 Å². The fraction of sp³-hybridized carbons (Fsp3) is 0.200. The number of halogens is 2. The molecule has 4 heteroatoms. The zero-order valence-corrected chi connectivity index (χ0v) is 12.3. The van der Waals surface area contributed by atoms with Crippen molar-refractivity contribution in [1.82, 2.24) is 0 Å². The van der Waals surface area contributed by atoms with Gasteiger partial charge in [0.1, 0.15) is 5.82 Å². The smallest absolute Gasteiger partial charge is 0.124 e. The molecule has 0 aliphatic rings. The molecule has 0 aliphatic heterocycles. The minimum absolute atomic E-state index is 0.229. The van der Waals surface area contributed by atoms with Gasteiger partial charge < -0.3 is 10.6 Å². The number of hydrogen-bond donors (Lipinski definition) is 1.